The molecule has 4 nitrogen and oxygen atoms in total. The monoisotopic (exact) mass is 369 g/mol. The summed E-state index contributed by atoms with van der Waals surface area (Å²) in [7, 11) is 1.66. The van der Waals surface area contributed by atoms with Crippen LogP contribution < -0.4 is 10.1 Å². The van der Waals surface area contributed by atoms with Gasteiger partial charge in [0.05, 0.1) is 12.8 Å². The molecule has 3 aromatic rings. The van der Waals surface area contributed by atoms with Crippen LogP contribution in [0.25, 0.3) is 11.3 Å². The van der Waals surface area contributed by atoms with E-state index in [4.69, 9.17) is 21.3 Å². The maximum Gasteiger partial charge on any atom is 0.223 e. The van der Waals surface area contributed by atoms with E-state index in [-0.39, 0.29) is 0 Å². The summed E-state index contributed by atoms with van der Waals surface area (Å²) in [5.74, 6) is 2.34. The third kappa shape index (κ3) is 3.43. The minimum atomic E-state index is 0.627. The molecule has 1 aromatic heterocycles. The Hall–Kier alpha value is -2.24. The lowest BCUT2D eigenvalue weighted by atomic mass is 10.1. The van der Waals surface area contributed by atoms with Crippen LogP contribution in [0.1, 0.15) is 11.1 Å². The van der Waals surface area contributed by atoms with E-state index < -0.39 is 0 Å². The number of benzene rings is 2. The second kappa shape index (κ2) is 6.94. The number of halogens is 1. The summed E-state index contributed by atoms with van der Waals surface area (Å²) in [5, 5.41) is 4.05. The van der Waals surface area contributed by atoms with Gasteiger partial charge in [-0.3, -0.25) is 0 Å². The maximum atomic E-state index is 6.11. The Morgan fingerprint density at radius 2 is 2.04 bits per heavy atom. The summed E-state index contributed by atoms with van der Waals surface area (Å²) in [5.41, 5.74) is 4.39. The Balaban J connectivity index is 1.56. The fourth-order valence-electron chi connectivity index (χ4n) is 2.72. The lowest BCUT2D eigenvalue weighted by molar-refractivity contribution is 0.414. The van der Waals surface area contributed by atoms with Crippen molar-refractivity contribution in [3.8, 4) is 17.0 Å². The van der Waals surface area contributed by atoms with Gasteiger partial charge in [-0.15, -0.1) is 11.8 Å². The smallest absolute Gasteiger partial charge is 0.223 e. The molecule has 0 spiro atoms. The zero-order chi connectivity index (χ0) is 17.2. The highest BCUT2D eigenvalue weighted by molar-refractivity contribution is 7.98. The minimum absolute atomic E-state index is 0.627. The largest absolute Gasteiger partial charge is 0.497 e. The number of nitrogens with one attached hydrogen (secondary N) is 1. The molecule has 0 atom stereocenters. The number of nitrogens with zero attached hydrogens (tertiary/aromatic N) is 2. The topological polar surface area (TPSA) is 47.0 Å². The highest BCUT2D eigenvalue weighted by Gasteiger charge is 2.19. The van der Waals surface area contributed by atoms with Crippen LogP contribution in [-0.4, -0.2) is 17.1 Å². The van der Waals surface area contributed by atoms with Gasteiger partial charge in [-0.2, -0.15) is 0 Å². The van der Waals surface area contributed by atoms with Gasteiger partial charge < -0.3 is 10.1 Å². The third-order valence-electron chi connectivity index (χ3n) is 4.06. The second-order valence-electron chi connectivity index (χ2n) is 5.70. The summed E-state index contributed by atoms with van der Waals surface area (Å²) >= 11 is 7.88. The molecule has 0 aliphatic carbocycles. The molecule has 0 saturated heterocycles. The highest BCUT2D eigenvalue weighted by Crippen LogP contribution is 2.41. The zero-order valence-electron chi connectivity index (χ0n) is 13.6. The van der Waals surface area contributed by atoms with E-state index >= 15 is 0 Å². The number of thioether (sulfide) groups is 1. The van der Waals surface area contributed by atoms with Crippen molar-refractivity contribution in [2.75, 3.05) is 12.4 Å². The lowest BCUT2D eigenvalue weighted by Crippen LogP contribution is -2.07. The molecule has 0 fully saturated rings. The fourth-order valence-corrected chi connectivity index (χ4v) is 4.01. The maximum absolute atomic E-state index is 6.11. The summed E-state index contributed by atoms with van der Waals surface area (Å²) in [6.45, 7) is 0.658. The number of anilines is 1. The molecule has 126 valence electrons. The molecule has 2 aromatic carbocycles. The molecule has 1 aliphatic heterocycles. The lowest BCUT2D eigenvalue weighted by Gasteiger charge is -2.19. The van der Waals surface area contributed by atoms with Crippen LogP contribution in [0.15, 0.2) is 53.6 Å². The molecule has 25 heavy (non-hydrogen) atoms. The van der Waals surface area contributed by atoms with Crippen molar-refractivity contribution in [1.82, 2.24) is 9.97 Å². The van der Waals surface area contributed by atoms with Gasteiger partial charge in [0.15, 0.2) is 0 Å². The molecule has 6 heteroatoms. The van der Waals surface area contributed by atoms with E-state index in [1.54, 1.807) is 18.9 Å². The first-order valence-corrected chi connectivity index (χ1v) is 9.25. The third-order valence-corrected chi connectivity index (χ3v) is 5.40. The summed E-state index contributed by atoms with van der Waals surface area (Å²) in [6, 6.07) is 13.9. The van der Waals surface area contributed by atoms with Crippen molar-refractivity contribution in [2.45, 2.75) is 17.2 Å². The van der Waals surface area contributed by atoms with Crippen LogP contribution in [0.4, 0.5) is 5.95 Å². The number of rotatable bonds is 4. The van der Waals surface area contributed by atoms with Crippen molar-refractivity contribution < 1.29 is 4.74 Å². The van der Waals surface area contributed by atoms with Gasteiger partial charge >= 0.3 is 0 Å². The van der Waals surface area contributed by atoms with E-state index in [0.29, 0.717) is 12.5 Å². The van der Waals surface area contributed by atoms with Crippen LogP contribution >= 0.6 is 23.4 Å². The number of aromatic nitrogens is 2. The Kier molecular flexibility index (Phi) is 4.51. The van der Waals surface area contributed by atoms with Gasteiger partial charge in [-0.25, -0.2) is 9.97 Å². The quantitative estimate of drug-likeness (QED) is 0.699. The standard InChI is InChI=1S/C19H16ClN3OS/c1-24-15-5-2-12(3-6-15)9-21-19-22-10-13-11-25-17-8-14(20)4-7-16(17)18(13)23-19/h2-8,10H,9,11H2,1H3,(H,21,22,23). The van der Waals surface area contributed by atoms with Crippen LogP contribution in [0.5, 0.6) is 5.75 Å². The number of methoxy groups -OCH3 is 1. The Morgan fingerprint density at radius 3 is 2.84 bits per heavy atom. The first-order chi connectivity index (χ1) is 12.2. The van der Waals surface area contributed by atoms with Crippen LogP contribution in [0.3, 0.4) is 0 Å². The Bertz CT molecular complexity index is 915. The van der Waals surface area contributed by atoms with Crippen LogP contribution in [0.2, 0.25) is 5.02 Å². The SMILES string of the molecule is COc1ccc(CNc2ncc3c(n2)-c2ccc(Cl)cc2SC3)cc1. The Labute approximate surface area is 155 Å². The second-order valence-corrected chi connectivity index (χ2v) is 7.15. The van der Waals surface area contributed by atoms with Gasteiger partial charge in [-0.1, -0.05) is 29.8 Å². The first-order valence-electron chi connectivity index (χ1n) is 7.88. The summed E-state index contributed by atoms with van der Waals surface area (Å²) in [4.78, 5) is 10.3. The summed E-state index contributed by atoms with van der Waals surface area (Å²) < 4.78 is 5.18. The molecule has 0 radical (unpaired) electrons. The van der Waals surface area contributed by atoms with Crippen LogP contribution in [-0.2, 0) is 12.3 Å². The average Bonchev–Trinajstić information content (AvgIpc) is 2.66. The molecule has 1 aliphatic rings. The van der Waals surface area contributed by atoms with E-state index in [2.05, 4.69) is 10.3 Å². The predicted octanol–water partition coefficient (Wildman–Crippen LogP) is 5.02. The minimum Gasteiger partial charge on any atom is -0.497 e. The van der Waals surface area contributed by atoms with Crippen molar-refractivity contribution in [2.24, 2.45) is 0 Å². The average molecular weight is 370 g/mol. The van der Waals surface area contributed by atoms with Crippen molar-refractivity contribution in [3.63, 3.8) is 0 Å². The molecule has 0 saturated carbocycles. The van der Waals surface area contributed by atoms with Crippen LogP contribution in [0, 0.1) is 0 Å². The molecular formula is C19H16ClN3OS. The first kappa shape index (κ1) is 16.2. The number of hydrogen-bond acceptors (Lipinski definition) is 5. The molecule has 2 heterocycles. The zero-order valence-corrected chi connectivity index (χ0v) is 15.2. The highest BCUT2D eigenvalue weighted by atomic mass is 35.5. The molecule has 1 N–H and O–H groups in total. The van der Waals surface area contributed by atoms with Gasteiger partial charge in [0.1, 0.15) is 5.75 Å². The summed E-state index contributed by atoms with van der Waals surface area (Å²) in [6.07, 6.45) is 1.91. The van der Waals surface area contributed by atoms with Crippen molar-refractivity contribution in [1.29, 1.82) is 0 Å². The normalized spacial score (nSPS) is 12.2. The predicted molar refractivity (Wildman–Crippen MR) is 102 cm³/mol. The number of ether oxygens (including phenoxy) is 1. The van der Waals surface area contributed by atoms with E-state index in [1.807, 2.05) is 48.7 Å². The van der Waals surface area contributed by atoms with Gasteiger partial charge in [0, 0.05) is 39.5 Å². The van der Waals surface area contributed by atoms with E-state index in [1.165, 1.54) is 4.90 Å². The van der Waals surface area contributed by atoms with Gasteiger partial charge in [0.2, 0.25) is 5.95 Å². The Morgan fingerprint density at radius 1 is 1.20 bits per heavy atom. The molecule has 0 bridgehead atoms. The van der Waals surface area contributed by atoms with E-state index in [0.717, 1.165) is 38.9 Å². The molecule has 0 unspecified atom stereocenters. The van der Waals surface area contributed by atoms with Crippen molar-refractivity contribution >= 4 is 29.3 Å². The van der Waals surface area contributed by atoms with Crippen molar-refractivity contribution in [3.05, 3.63) is 64.8 Å². The fraction of sp³-hybridized carbons (Fsp3) is 0.158. The van der Waals surface area contributed by atoms with E-state index in [9.17, 15) is 0 Å². The number of hydrogen-bond donors (Lipinski definition) is 1. The molecular weight excluding hydrogens is 354 g/mol. The van der Waals surface area contributed by atoms with Gasteiger partial charge in [0.25, 0.3) is 0 Å². The van der Waals surface area contributed by atoms with Gasteiger partial charge in [-0.05, 0) is 29.8 Å². The molecule has 4 rings (SSSR count). The number of fused-ring (bicyclic) bond motifs is 3. The molecule has 0 amide bonds.